The van der Waals surface area contributed by atoms with Crippen molar-refractivity contribution < 1.29 is 9.14 Å². The van der Waals surface area contributed by atoms with Crippen molar-refractivity contribution in [1.82, 2.24) is 0 Å². The fraction of sp³-hybridized carbons (Fsp3) is 0.400. The number of allylic oxidation sites excluding steroid dienone is 5. The summed E-state index contributed by atoms with van der Waals surface area (Å²) < 4.78 is 4.94. The zero-order chi connectivity index (χ0) is 23.9. The van der Waals surface area contributed by atoms with Crippen LogP contribution in [0, 0.1) is 6.92 Å². The van der Waals surface area contributed by atoms with Gasteiger partial charge >= 0.3 is 0 Å². The minimum Gasteiger partial charge on any atom is -0.398 e. The summed E-state index contributed by atoms with van der Waals surface area (Å²) in [6.07, 6.45) is 21.6. The number of aryl methyl sites for hydroxylation is 2. The molecule has 1 aromatic heterocycles. The Balaban J connectivity index is 1.16. The summed E-state index contributed by atoms with van der Waals surface area (Å²) in [5.41, 5.74) is 19.3. The van der Waals surface area contributed by atoms with E-state index in [1.807, 2.05) is 0 Å². The molecule has 1 unspecified atom stereocenters. The summed E-state index contributed by atoms with van der Waals surface area (Å²) >= 11 is 0. The summed E-state index contributed by atoms with van der Waals surface area (Å²) in [6, 6.07) is 11.0. The Kier molecular flexibility index (Phi) is 7.99. The number of nitrogens with zero attached hydrogens (tertiary/aromatic N) is 2. The molecular weight excluding hydrogens is 416 g/mol. The number of hydrogen-bond acceptors (Lipinski definition) is 2. The molecule has 2 aliphatic rings. The molecular formula is C30H40N4+2. The van der Waals surface area contributed by atoms with Crippen molar-refractivity contribution in [2.24, 2.45) is 5.73 Å². The second kappa shape index (κ2) is 11.3. The van der Waals surface area contributed by atoms with Crippen LogP contribution in [0.15, 0.2) is 78.1 Å². The Bertz CT molecular complexity index is 1180. The zero-order valence-corrected chi connectivity index (χ0v) is 20.8. The largest absolute Gasteiger partial charge is 0.398 e. The first-order valence-electron chi connectivity index (χ1n) is 12.8. The average molecular weight is 457 g/mol. The van der Waals surface area contributed by atoms with E-state index in [9.17, 15) is 0 Å². The van der Waals surface area contributed by atoms with E-state index in [0.717, 1.165) is 49.1 Å². The van der Waals surface area contributed by atoms with Gasteiger partial charge in [-0.1, -0.05) is 42.5 Å². The minimum atomic E-state index is 0.422. The highest BCUT2D eigenvalue weighted by atomic mass is 15.1. The van der Waals surface area contributed by atoms with Crippen molar-refractivity contribution in [3.8, 4) is 0 Å². The lowest BCUT2D eigenvalue weighted by molar-refractivity contribution is -0.677. The van der Waals surface area contributed by atoms with Crippen molar-refractivity contribution >= 4 is 22.3 Å². The quantitative estimate of drug-likeness (QED) is 0.282. The van der Waals surface area contributed by atoms with E-state index in [2.05, 4.69) is 89.8 Å². The van der Waals surface area contributed by atoms with Crippen LogP contribution in [0.1, 0.15) is 57.6 Å². The monoisotopic (exact) mass is 456 g/mol. The summed E-state index contributed by atoms with van der Waals surface area (Å²) in [5, 5.41) is 1.15. The lowest BCUT2D eigenvalue weighted by atomic mass is 9.92. The van der Waals surface area contributed by atoms with Gasteiger partial charge in [-0.2, -0.15) is 4.57 Å². The number of aromatic nitrogens is 1. The molecule has 1 atom stereocenters. The van der Waals surface area contributed by atoms with Crippen LogP contribution < -0.4 is 16.0 Å². The first-order chi connectivity index (χ1) is 16.6. The molecule has 1 aliphatic carbocycles. The molecule has 2 heterocycles. The molecule has 0 amide bonds. The summed E-state index contributed by atoms with van der Waals surface area (Å²) in [4.78, 5) is 0. The van der Waals surface area contributed by atoms with Gasteiger partial charge in [0.1, 0.15) is 13.1 Å². The van der Waals surface area contributed by atoms with E-state index in [1.54, 1.807) is 0 Å². The second-order valence-electron chi connectivity index (χ2n) is 9.61. The minimum absolute atomic E-state index is 0.422. The van der Waals surface area contributed by atoms with Crippen LogP contribution in [-0.4, -0.2) is 22.9 Å². The van der Waals surface area contributed by atoms with E-state index in [-0.39, 0.29) is 0 Å². The number of nitrogens with two attached hydrogens (primary N) is 2. The Labute approximate surface area is 204 Å². The highest BCUT2D eigenvalue weighted by Crippen LogP contribution is 2.25. The van der Waals surface area contributed by atoms with Gasteiger partial charge in [-0.05, 0) is 31.7 Å². The third-order valence-electron chi connectivity index (χ3n) is 7.14. The van der Waals surface area contributed by atoms with Gasteiger partial charge in [0.25, 0.3) is 0 Å². The Morgan fingerprint density at radius 3 is 2.50 bits per heavy atom. The third-order valence-corrected chi connectivity index (χ3v) is 7.14. The molecule has 0 radical (unpaired) electrons. The lowest BCUT2D eigenvalue weighted by Gasteiger charge is -2.25. The van der Waals surface area contributed by atoms with Crippen LogP contribution in [0.3, 0.4) is 0 Å². The number of nitrogen functional groups attached to an aromatic ring is 1. The van der Waals surface area contributed by atoms with Gasteiger partial charge < -0.3 is 11.5 Å². The molecule has 34 heavy (non-hydrogen) atoms. The fourth-order valence-corrected chi connectivity index (χ4v) is 5.30. The summed E-state index contributed by atoms with van der Waals surface area (Å²) in [6.45, 7) is 6.48. The number of fused-ring (bicyclic) bond motifs is 2. The molecule has 0 spiro atoms. The molecule has 4 N–H and O–H groups in total. The molecule has 4 heteroatoms. The highest BCUT2D eigenvalue weighted by molar-refractivity contribution is 5.91. The topological polar surface area (TPSA) is 58.9 Å². The van der Waals surface area contributed by atoms with Crippen molar-refractivity contribution in [3.63, 3.8) is 0 Å². The lowest BCUT2D eigenvalue weighted by Crippen LogP contribution is -2.38. The Morgan fingerprint density at radius 1 is 0.971 bits per heavy atom. The smallest absolute Gasteiger partial charge is 0.214 e. The van der Waals surface area contributed by atoms with E-state index >= 15 is 0 Å². The van der Waals surface area contributed by atoms with Gasteiger partial charge in [-0.25, -0.2) is 4.58 Å². The van der Waals surface area contributed by atoms with Crippen LogP contribution in [0.5, 0.6) is 0 Å². The number of pyridine rings is 1. The third kappa shape index (κ3) is 5.49. The fourth-order valence-electron chi connectivity index (χ4n) is 5.30. The van der Waals surface area contributed by atoms with Gasteiger partial charge in [0, 0.05) is 62.6 Å². The van der Waals surface area contributed by atoms with Crippen molar-refractivity contribution in [3.05, 3.63) is 83.8 Å². The first kappa shape index (κ1) is 24.0. The second-order valence-corrected chi connectivity index (χ2v) is 9.61. The average Bonchev–Trinajstić information content (AvgIpc) is 2.83. The highest BCUT2D eigenvalue weighted by Gasteiger charge is 2.32. The van der Waals surface area contributed by atoms with E-state index < -0.39 is 0 Å². The Morgan fingerprint density at radius 2 is 1.71 bits per heavy atom. The molecule has 0 fully saturated rings. The van der Waals surface area contributed by atoms with Crippen LogP contribution in [0.25, 0.3) is 10.9 Å². The van der Waals surface area contributed by atoms with Crippen LogP contribution in [0.2, 0.25) is 0 Å². The van der Waals surface area contributed by atoms with Crippen molar-refractivity contribution in [2.45, 2.75) is 71.4 Å². The first-order valence-corrected chi connectivity index (χ1v) is 12.8. The molecule has 0 saturated carbocycles. The van der Waals surface area contributed by atoms with Gasteiger partial charge in [0.2, 0.25) is 5.52 Å². The number of rotatable bonds is 10. The van der Waals surface area contributed by atoms with E-state index in [4.69, 9.17) is 11.5 Å². The normalized spacial score (nSPS) is 17.9. The Hall–Kier alpha value is -3.14. The zero-order valence-electron chi connectivity index (χ0n) is 20.8. The molecule has 0 bridgehead atoms. The standard InChI is InChI=1S/C30H38N4/c1-23-21-27(31)25-15-9-11-17-29(25)33(23)19-13-7-5-3-4-6-8-14-20-34-24(2)22-28(32)26-16-10-12-18-30(26)34/h3-4,9-12,15-17,21-22,30-32H,5-8,13-14,18-20H2,1-2H3/p+2/b4-3+. The van der Waals surface area contributed by atoms with Crippen molar-refractivity contribution in [1.29, 1.82) is 0 Å². The predicted molar refractivity (Wildman–Crippen MR) is 144 cm³/mol. The maximum atomic E-state index is 6.25. The molecule has 2 aromatic rings. The van der Waals surface area contributed by atoms with Crippen LogP contribution in [-0.2, 0) is 6.54 Å². The van der Waals surface area contributed by atoms with E-state index in [0.29, 0.717) is 6.04 Å². The SMILES string of the molecule is CC1=[N+](CCCC/C=C/CCCC[n+]2c(C)cc(N)c3ccccc32)C2CC=CC=C2C(N)=C1. The van der Waals surface area contributed by atoms with Gasteiger partial charge in [-0.15, -0.1) is 0 Å². The molecule has 1 aromatic carbocycles. The van der Waals surface area contributed by atoms with Gasteiger partial charge in [0.15, 0.2) is 17.4 Å². The van der Waals surface area contributed by atoms with E-state index in [1.165, 1.54) is 48.2 Å². The number of benzene rings is 1. The predicted octanol–water partition coefficient (Wildman–Crippen LogP) is 5.50. The summed E-state index contributed by atoms with van der Waals surface area (Å²) in [5.74, 6) is 0. The number of anilines is 1. The number of hydrogen-bond donors (Lipinski definition) is 2. The molecule has 4 rings (SSSR count). The van der Waals surface area contributed by atoms with Gasteiger partial charge in [-0.3, -0.25) is 0 Å². The van der Waals surface area contributed by atoms with Crippen LogP contribution in [0.4, 0.5) is 5.69 Å². The van der Waals surface area contributed by atoms with Crippen molar-refractivity contribution in [2.75, 3.05) is 12.3 Å². The maximum Gasteiger partial charge on any atom is 0.214 e. The number of unbranched alkanes of at least 4 members (excludes halogenated alkanes) is 4. The van der Waals surface area contributed by atoms with Gasteiger partial charge in [0.05, 0.1) is 11.1 Å². The molecule has 178 valence electrons. The summed E-state index contributed by atoms with van der Waals surface area (Å²) in [7, 11) is 0. The molecule has 0 saturated heterocycles. The molecule has 1 aliphatic heterocycles. The number of para-hydroxylation sites is 1. The van der Waals surface area contributed by atoms with Crippen LogP contribution >= 0.6 is 0 Å². The molecule has 4 nitrogen and oxygen atoms in total. The maximum absolute atomic E-state index is 6.25.